The fraction of sp³-hybridized carbons (Fsp3) is 0.500. The molecule has 1 fully saturated rings. The van der Waals surface area contributed by atoms with Gasteiger partial charge in [-0.3, -0.25) is 4.79 Å². The van der Waals surface area contributed by atoms with Crippen LogP contribution in [-0.2, 0) is 0 Å². The monoisotopic (exact) mass is 262 g/mol. The van der Waals surface area contributed by atoms with Gasteiger partial charge >= 0.3 is 0 Å². The van der Waals surface area contributed by atoms with Crippen molar-refractivity contribution in [3.8, 4) is 0 Å². The molecule has 19 heavy (non-hydrogen) atoms. The molecule has 0 bridgehead atoms. The van der Waals surface area contributed by atoms with E-state index in [2.05, 4.69) is 24.3 Å². The van der Waals surface area contributed by atoms with Crippen molar-refractivity contribution in [2.75, 3.05) is 31.7 Å². The smallest absolute Gasteiger partial charge is 0.250 e. The van der Waals surface area contributed by atoms with Crippen LogP contribution in [0.2, 0.25) is 0 Å². The Hall–Kier alpha value is -1.75. The SMILES string of the molecule is CN(C)C1(CNc2ccc(N)c(C(N)=O)c2)CCC1. The number of carbonyl (C=O) groups is 1. The first-order valence-electron chi connectivity index (χ1n) is 6.55. The summed E-state index contributed by atoms with van der Waals surface area (Å²) in [6.07, 6.45) is 3.67. The van der Waals surface area contributed by atoms with Crippen molar-refractivity contribution in [2.24, 2.45) is 5.73 Å². The van der Waals surface area contributed by atoms with Gasteiger partial charge in [0, 0.05) is 23.5 Å². The number of benzene rings is 1. The van der Waals surface area contributed by atoms with E-state index in [9.17, 15) is 4.79 Å². The van der Waals surface area contributed by atoms with Crippen LogP contribution in [0.5, 0.6) is 0 Å². The number of hydrogen-bond acceptors (Lipinski definition) is 4. The summed E-state index contributed by atoms with van der Waals surface area (Å²) in [6.45, 7) is 0.863. The third kappa shape index (κ3) is 2.66. The Morgan fingerprint density at radius 2 is 2.11 bits per heavy atom. The maximum absolute atomic E-state index is 11.3. The second-order valence-corrected chi connectivity index (χ2v) is 5.49. The molecule has 2 rings (SSSR count). The number of nitrogen functional groups attached to an aromatic ring is 1. The maximum Gasteiger partial charge on any atom is 0.250 e. The minimum atomic E-state index is -0.493. The number of rotatable bonds is 5. The lowest BCUT2D eigenvalue weighted by Crippen LogP contribution is -2.54. The quantitative estimate of drug-likeness (QED) is 0.698. The van der Waals surface area contributed by atoms with Gasteiger partial charge in [-0.15, -0.1) is 0 Å². The van der Waals surface area contributed by atoms with Crippen molar-refractivity contribution >= 4 is 17.3 Å². The van der Waals surface area contributed by atoms with E-state index in [1.165, 1.54) is 19.3 Å². The summed E-state index contributed by atoms with van der Waals surface area (Å²) in [4.78, 5) is 13.5. The number of nitrogens with one attached hydrogen (secondary N) is 1. The van der Waals surface area contributed by atoms with Crippen LogP contribution in [0.15, 0.2) is 18.2 Å². The number of carbonyl (C=O) groups excluding carboxylic acids is 1. The average Bonchev–Trinajstić information content (AvgIpc) is 2.28. The van der Waals surface area contributed by atoms with Gasteiger partial charge in [0.2, 0.25) is 0 Å². The Kier molecular flexibility index (Phi) is 3.66. The molecule has 0 heterocycles. The van der Waals surface area contributed by atoms with E-state index < -0.39 is 5.91 Å². The molecule has 1 aliphatic carbocycles. The molecule has 5 heteroatoms. The number of likely N-dealkylation sites (N-methyl/N-ethyl adjacent to an activating group) is 1. The van der Waals surface area contributed by atoms with E-state index >= 15 is 0 Å². The molecule has 1 aromatic carbocycles. The number of nitrogens with two attached hydrogens (primary N) is 2. The van der Waals surface area contributed by atoms with E-state index in [1.807, 2.05) is 6.07 Å². The minimum absolute atomic E-state index is 0.230. The molecule has 0 unspecified atom stereocenters. The van der Waals surface area contributed by atoms with Crippen LogP contribution >= 0.6 is 0 Å². The molecule has 1 saturated carbocycles. The van der Waals surface area contributed by atoms with Crippen LogP contribution < -0.4 is 16.8 Å². The molecule has 0 aromatic heterocycles. The molecule has 0 radical (unpaired) electrons. The van der Waals surface area contributed by atoms with Crippen LogP contribution in [-0.4, -0.2) is 37.0 Å². The van der Waals surface area contributed by atoms with Gasteiger partial charge in [0.1, 0.15) is 0 Å². The lowest BCUT2D eigenvalue weighted by atomic mass is 9.75. The lowest BCUT2D eigenvalue weighted by Gasteiger charge is -2.47. The summed E-state index contributed by atoms with van der Waals surface area (Å²) in [5, 5.41) is 3.39. The molecule has 5 nitrogen and oxygen atoms in total. The van der Waals surface area contributed by atoms with Gasteiger partial charge in [0.05, 0.1) is 5.56 Å². The molecular weight excluding hydrogens is 240 g/mol. The first-order valence-corrected chi connectivity index (χ1v) is 6.55. The fourth-order valence-corrected chi connectivity index (χ4v) is 2.51. The topological polar surface area (TPSA) is 84.4 Å². The summed E-state index contributed by atoms with van der Waals surface area (Å²) < 4.78 is 0. The van der Waals surface area contributed by atoms with E-state index in [4.69, 9.17) is 11.5 Å². The van der Waals surface area contributed by atoms with Gasteiger partial charge in [-0.25, -0.2) is 0 Å². The Balaban J connectivity index is 2.08. The molecule has 0 saturated heterocycles. The lowest BCUT2D eigenvalue weighted by molar-refractivity contribution is 0.0739. The van der Waals surface area contributed by atoms with E-state index in [-0.39, 0.29) is 5.54 Å². The summed E-state index contributed by atoms with van der Waals surface area (Å²) >= 11 is 0. The Morgan fingerprint density at radius 3 is 2.58 bits per heavy atom. The van der Waals surface area contributed by atoms with Gasteiger partial charge in [-0.2, -0.15) is 0 Å². The normalized spacial score (nSPS) is 17.0. The predicted molar refractivity (Wildman–Crippen MR) is 78.1 cm³/mol. The fourth-order valence-electron chi connectivity index (χ4n) is 2.51. The third-order valence-corrected chi connectivity index (χ3v) is 4.17. The zero-order valence-corrected chi connectivity index (χ0v) is 11.6. The number of anilines is 2. The first-order chi connectivity index (χ1) is 8.94. The van der Waals surface area contributed by atoms with Gasteiger partial charge in [0.15, 0.2) is 0 Å². The van der Waals surface area contributed by atoms with Gasteiger partial charge < -0.3 is 21.7 Å². The zero-order valence-electron chi connectivity index (χ0n) is 11.6. The first kappa shape index (κ1) is 13.7. The summed E-state index contributed by atoms with van der Waals surface area (Å²) in [5.41, 5.74) is 12.9. The van der Waals surface area contributed by atoms with Crippen molar-refractivity contribution in [1.82, 2.24) is 4.90 Å². The summed E-state index contributed by atoms with van der Waals surface area (Å²) in [6, 6.07) is 5.31. The number of nitrogens with zero attached hydrogens (tertiary/aromatic N) is 1. The number of hydrogen-bond donors (Lipinski definition) is 3. The molecule has 0 aliphatic heterocycles. The average molecular weight is 262 g/mol. The predicted octanol–water partition coefficient (Wildman–Crippen LogP) is 1.26. The number of amides is 1. The highest BCUT2D eigenvalue weighted by Crippen LogP contribution is 2.36. The minimum Gasteiger partial charge on any atom is -0.398 e. The second-order valence-electron chi connectivity index (χ2n) is 5.49. The van der Waals surface area contributed by atoms with Crippen molar-refractivity contribution in [2.45, 2.75) is 24.8 Å². The molecule has 1 amide bonds. The van der Waals surface area contributed by atoms with Crippen LogP contribution in [0.25, 0.3) is 0 Å². The Bertz CT molecular complexity index is 480. The largest absolute Gasteiger partial charge is 0.398 e. The highest BCUT2D eigenvalue weighted by molar-refractivity contribution is 5.98. The van der Waals surface area contributed by atoms with Gasteiger partial charge in [-0.1, -0.05) is 0 Å². The Labute approximate surface area is 113 Å². The molecular formula is C14H22N4O. The maximum atomic E-state index is 11.3. The van der Waals surface area contributed by atoms with Gasteiger partial charge in [-0.05, 0) is 51.6 Å². The standard InChI is InChI=1S/C14H22N4O/c1-18(2)14(6-3-7-14)9-17-10-4-5-12(15)11(8-10)13(16)19/h4-5,8,17H,3,6-7,9,15H2,1-2H3,(H2,16,19). The van der Waals surface area contributed by atoms with E-state index in [0.717, 1.165) is 12.2 Å². The highest BCUT2D eigenvalue weighted by Gasteiger charge is 2.38. The zero-order chi connectivity index (χ0) is 14.0. The summed E-state index contributed by atoms with van der Waals surface area (Å²) in [7, 11) is 4.22. The van der Waals surface area contributed by atoms with Crippen LogP contribution in [0.4, 0.5) is 11.4 Å². The number of primary amides is 1. The van der Waals surface area contributed by atoms with Crippen molar-refractivity contribution in [3.63, 3.8) is 0 Å². The van der Waals surface area contributed by atoms with Crippen molar-refractivity contribution in [1.29, 1.82) is 0 Å². The van der Waals surface area contributed by atoms with Crippen LogP contribution in [0.1, 0.15) is 29.6 Å². The van der Waals surface area contributed by atoms with Crippen molar-refractivity contribution < 1.29 is 4.79 Å². The van der Waals surface area contributed by atoms with Crippen LogP contribution in [0.3, 0.4) is 0 Å². The van der Waals surface area contributed by atoms with Gasteiger partial charge in [0.25, 0.3) is 5.91 Å². The van der Waals surface area contributed by atoms with E-state index in [0.29, 0.717) is 11.3 Å². The van der Waals surface area contributed by atoms with Crippen molar-refractivity contribution in [3.05, 3.63) is 23.8 Å². The van der Waals surface area contributed by atoms with E-state index in [1.54, 1.807) is 12.1 Å². The Morgan fingerprint density at radius 1 is 1.42 bits per heavy atom. The molecule has 0 spiro atoms. The van der Waals surface area contributed by atoms with Crippen LogP contribution in [0, 0.1) is 0 Å². The summed E-state index contributed by atoms with van der Waals surface area (Å²) in [5.74, 6) is -0.493. The molecule has 0 atom stereocenters. The highest BCUT2D eigenvalue weighted by atomic mass is 16.1. The molecule has 5 N–H and O–H groups in total. The third-order valence-electron chi connectivity index (χ3n) is 4.17. The molecule has 1 aliphatic rings. The second kappa shape index (κ2) is 5.09. The molecule has 104 valence electrons. The molecule has 1 aromatic rings.